The predicted octanol–water partition coefficient (Wildman–Crippen LogP) is 4.02. The summed E-state index contributed by atoms with van der Waals surface area (Å²) < 4.78 is 46.1. The first-order chi connectivity index (χ1) is 14.7. The van der Waals surface area contributed by atoms with Crippen molar-refractivity contribution >= 4 is 28.6 Å². The SMILES string of the molecule is C[C@H](c1cc(C(=O)CN=C2NC(=O)CO2)ccc1C(F)(F)F)c1c[nH]c2ccccc12. The van der Waals surface area contributed by atoms with E-state index < -0.39 is 23.4 Å². The van der Waals surface area contributed by atoms with Crippen LogP contribution in [0.15, 0.2) is 53.7 Å². The third kappa shape index (κ3) is 4.16. The van der Waals surface area contributed by atoms with Crippen LogP contribution in [0, 0.1) is 0 Å². The highest BCUT2D eigenvalue weighted by Gasteiger charge is 2.35. The Morgan fingerprint density at radius 3 is 2.68 bits per heavy atom. The van der Waals surface area contributed by atoms with Crippen LogP contribution in [0.3, 0.4) is 0 Å². The number of amidine groups is 1. The van der Waals surface area contributed by atoms with E-state index in [1.54, 1.807) is 13.1 Å². The molecule has 3 aromatic rings. The fourth-order valence-corrected chi connectivity index (χ4v) is 3.62. The van der Waals surface area contributed by atoms with E-state index in [-0.39, 0.29) is 36.2 Å². The van der Waals surface area contributed by atoms with Crippen molar-refractivity contribution in [1.82, 2.24) is 10.3 Å². The number of nitrogens with zero attached hydrogens (tertiary/aromatic N) is 1. The third-order valence-electron chi connectivity index (χ3n) is 5.19. The summed E-state index contributed by atoms with van der Waals surface area (Å²) in [5.41, 5.74) is 0.830. The number of nitrogens with one attached hydrogen (secondary N) is 2. The van der Waals surface area contributed by atoms with Crippen molar-refractivity contribution in [3.8, 4) is 0 Å². The van der Waals surface area contributed by atoms with E-state index in [2.05, 4.69) is 15.3 Å². The summed E-state index contributed by atoms with van der Waals surface area (Å²) in [4.78, 5) is 30.6. The first kappa shape index (κ1) is 20.6. The van der Waals surface area contributed by atoms with Gasteiger partial charge in [0.15, 0.2) is 12.4 Å². The zero-order valence-corrected chi connectivity index (χ0v) is 16.4. The number of aromatic amines is 1. The summed E-state index contributed by atoms with van der Waals surface area (Å²) in [5, 5.41) is 3.16. The monoisotopic (exact) mass is 429 g/mol. The molecule has 0 bridgehead atoms. The van der Waals surface area contributed by atoms with Gasteiger partial charge in [-0.15, -0.1) is 0 Å². The molecule has 160 valence electrons. The fourth-order valence-electron chi connectivity index (χ4n) is 3.62. The van der Waals surface area contributed by atoms with Gasteiger partial charge in [-0.1, -0.05) is 31.2 Å². The second-order valence-electron chi connectivity index (χ2n) is 7.19. The molecule has 0 unspecified atom stereocenters. The number of para-hydroxylation sites is 1. The number of rotatable bonds is 5. The zero-order chi connectivity index (χ0) is 22.2. The van der Waals surface area contributed by atoms with Crippen LogP contribution >= 0.6 is 0 Å². The molecule has 6 nitrogen and oxygen atoms in total. The van der Waals surface area contributed by atoms with Crippen LogP contribution in [-0.4, -0.2) is 35.8 Å². The van der Waals surface area contributed by atoms with Crippen LogP contribution in [0.2, 0.25) is 0 Å². The minimum absolute atomic E-state index is 0.00109. The van der Waals surface area contributed by atoms with E-state index in [1.165, 1.54) is 6.07 Å². The predicted molar refractivity (Wildman–Crippen MR) is 108 cm³/mol. The number of hydrogen-bond acceptors (Lipinski definition) is 4. The quantitative estimate of drug-likeness (QED) is 0.601. The molecule has 2 aromatic carbocycles. The number of benzene rings is 2. The largest absolute Gasteiger partial charge is 0.455 e. The lowest BCUT2D eigenvalue weighted by Crippen LogP contribution is -2.22. The maximum atomic E-state index is 13.7. The maximum absolute atomic E-state index is 13.7. The number of carbonyl (C=O) groups excluding carboxylic acids is 2. The highest BCUT2D eigenvalue weighted by molar-refractivity contribution is 6.02. The van der Waals surface area contributed by atoms with Gasteiger partial charge in [0, 0.05) is 28.6 Å². The van der Waals surface area contributed by atoms with Crippen molar-refractivity contribution in [3.63, 3.8) is 0 Å². The fraction of sp³-hybridized carbons (Fsp3) is 0.227. The van der Waals surface area contributed by atoms with Crippen LogP contribution < -0.4 is 5.32 Å². The Labute approximate surface area is 175 Å². The molecule has 4 rings (SSSR count). The zero-order valence-electron chi connectivity index (χ0n) is 16.4. The first-order valence-corrected chi connectivity index (χ1v) is 9.51. The van der Waals surface area contributed by atoms with Gasteiger partial charge in [0.2, 0.25) is 0 Å². The van der Waals surface area contributed by atoms with Gasteiger partial charge in [0.05, 0.1) is 5.56 Å². The Balaban J connectivity index is 1.70. The van der Waals surface area contributed by atoms with Crippen molar-refractivity contribution < 1.29 is 27.5 Å². The summed E-state index contributed by atoms with van der Waals surface area (Å²) in [5.74, 6) is -1.49. The molecule has 2 heterocycles. The van der Waals surface area contributed by atoms with Gasteiger partial charge in [-0.3, -0.25) is 14.9 Å². The molecule has 31 heavy (non-hydrogen) atoms. The van der Waals surface area contributed by atoms with E-state index >= 15 is 0 Å². The summed E-state index contributed by atoms with van der Waals surface area (Å²) in [6.07, 6.45) is -2.88. The first-order valence-electron chi connectivity index (χ1n) is 9.51. The smallest absolute Gasteiger partial charge is 0.416 e. The van der Waals surface area contributed by atoms with E-state index in [1.807, 2.05) is 24.3 Å². The van der Waals surface area contributed by atoms with Gasteiger partial charge >= 0.3 is 6.18 Å². The molecule has 0 radical (unpaired) electrons. The van der Waals surface area contributed by atoms with Gasteiger partial charge in [-0.05, 0) is 29.3 Å². The molecular weight excluding hydrogens is 411 g/mol. The number of fused-ring (bicyclic) bond motifs is 1. The summed E-state index contributed by atoms with van der Waals surface area (Å²) in [6, 6.07) is 10.6. The molecule has 0 aliphatic carbocycles. The van der Waals surface area contributed by atoms with E-state index in [9.17, 15) is 22.8 Å². The number of alkyl halides is 3. The minimum atomic E-state index is -4.57. The van der Waals surface area contributed by atoms with E-state index in [0.717, 1.165) is 23.0 Å². The van der Waals surface area contributed by atoms with E-state index in [0.29, 0.717) is 5.56 Å². The Bertz CT molecular complexity index is 1200. The van der Waals surface area contributed by atoms with Crippen LogP contribution in [-0.2, 0) is 15.7 Å². The Kier molecular flexibility index (Phi) is 5.26. The van der Waals surface area contributed by atoms with Crippen LogP contribution in [0.5, 0.6) is 0 Å². The number of hydrogen-bond donors (Lipinski definition) is 2. The molecule has 1 aromatic heterocycles. The molecule has 1 aliphatic heterocycles. The minimum Gasteiger partial charge on any atom is -0.455 e. The number of amides is 1. The van der Waals surface area contributed by atoms with Crippen LogP contribution in [0.1, 0.15) is 39.9 Å². The average Bonchev–Trinajstić information content (AvgIpc) is 3.36. The topological polar surface area (TPSA) is 83.6 Å². The van der Waals surface area contributed by atoms with Crippen molar-refractivity contribution in [2.75, 3.05) is 13.2 Å². The van der Waals surface area contributed by atoms with Gasteiger partial charge < -0.3 is 9.72 Å². The summed E-state index contributed by atoms with van der Waals surface area (Å²) in [7, 11) is 0. The normalized spacial score (nSPS) is 16.4. The molecule has 0 saturated carbocycles. The number of H-pyrrole nitrogens is 1. The molecule has 2 N–H and O–H groups in total. The highest BCUT2D eigenvalue weighted by atomic mass is 19.4. The second kappa shape index (κ2) is 7.90. The van der Waals surface area contributed by atoms with E-state index in [4.69, 9.17) is 4.74 Å². The number of aliphatic imine (C=N–C) groups is 1. The Hall–Kier alpha value is -3.62. The van der Waals surface area contributed by atoms with Gasteiger partial charge in [-0.25, -0.2) is 4.99 Å². The molecule has 1 aliphatic rings. The van der Waals surface area contributed by atoms with Crippen molar-refractivity contribution in [3.05, 3.63) is 70.9 Å². The van der Waals surface area contributed by atoms with Gasteiger partial charge in [0.1, 0.15) is 6.54 Å². The van der Waals surface area contributed by atoms with Gasteiger partial charge in [-0.2, -0.15) is 13.2 Å². The number of aromatic nitrogens is 1. The second-order valence-corrected chi connectivity index (χ2v) is 7.19. The lowest BCUT2D eigenvalue weighted by atomic mass is 9.87. The number of ether oxygens (including phenoxy) is 1. The standard InChI is InChI=1S/C22H18F3N3O3/c1-12(16-9-26-18-5-3-2-4-14(16)18)15-8-13(6-7-17(15)22(23,24)25)19(29)10-27-21-28-20(30)11-31-21/h2-9,12,26H,10-11H2,1H3,(H,27,28,30)/t12-/m1/s1. The molecule has 0 spiro atoms. The summed E-state index contributed by atoms with van der Waals surface area (Å²) in [6.45, 7) is 1.14. The number of Topliss-reactive ketones (excluding diaryl/α,β-unsaturated/α-hetero) is 1. The molecule has 1 amide bonds. The average molecular weight is 429 g/mol. The maximum Gasteiger partial charge on any atom is 0.416 e. The molecule has 1 saturated heterocycles. The Morgan fingerprint density at radius 2 is 1.97 bits per heavy atom. The molecular formula is C22H18F3N3O3. The highest BCUT2D eigenvalue weighted by Crippen LogP contribution is 2.39. The Morgan fingerprint density at radius 1 is 1.19 bits per heavy atom. The number of ketones is 1. The van der Waals surface area contributed by atoms with Crippen molar-refractivity contribution in [1.29, 1.82) is 0 Å². The lowest BCUT2D eigenvalue weighted by Gasteiger charge is -2.19. The van der Waals surface area contributed by atoms with Crippen LogP contribution in [0.4, 0.5) is 13.2 Å². The molecule has 9 heteroatoms. The van der Waals surface area contributed by atoms with Crippen molar-refractivity contribution in [2.45, 2.75) is 19.0 Å². The van der Waals surface area contributed by atoms with Crippen molar-refractivity contribution in [2.24, 2.45) is 4.99 Å². The molecule has 1 fully saturated rings. The van der Waals surface area contributed by atoms with Gasteiger partial charge in [0.25, 0.3) is 11.9 Å². The lowest BCUT2D eigenvalue weighted by molar-refractivity contribution is -0.138. The number of halogens is 3. The third-order valence-corrected chi connectivity index (χ3v) is 5.19. The summed E-state index contributed by atoms with van der Waals surface area (Å²) >= 11 is 0. The molecule has 1 atom stereocenters. The van der Waals surface area contributed by atoms with Crippen LogP contribution in [0.25, 0.3) is 10.9 Å². The number of carbonyl (C=O) groups is 2.